The number of aliphatic hydroxyl groups excluding tert-OH is 1. The summed E-state index contributed by atoms with van der Waals surface area (Å²) in [5.74, 6) is -0.526. The number of esters is 4. The van der Waals surface area contributed by atoms with Crippen molar-refractivity contribution in [3.63, 3.8) is 0 Å². The summed E-state index contributed by atoms with van der Waals surface area (Å²) in [7, 11) is -9.90. The zero-order valence-corrected chi connectivity index (χ0v) is 63.1. The van der Waals surface area contributed by atoms with Gasteiger partial charge in [-0.2, -0.15) is 0 Å². The molecule has 17 nitrogen and oxygen atoms in total. The van der Waals surface area contributed by atoms with Crippen molar-refractivity contribution in [2.45, 2.75) is 407 Å². The first kappa shape index (κ1) is 92.1. The Hall–Kier alpha value is -1.94. The normalized spacial score (nSPS) is 14.0. The quantitative estimate of drug-likeness (QED) is 0.0222. The van der Waals surface area contributed by atoms with Gasteiger partial charge in [0.05, 0.1) is 26.4 Å². The van der Waals surface area contributed by atoms with Gasteiger partial charge in [0.2, 0.25) is 0 Å². The molecule has 0 bridgehead atoms. The monoisotopic (exact) mass is 1380 g/mol. The summed E-state index contributed by atoms with van der Waals surface area (Å²) in [5, 5.41) is 10.6. The SMILES string of the molecule is CCCCCCCCCCCCCCCCC(=O)O[C@H](COC(=O)CCCCCCC)COP(=O)(O)OC[C@H](O)COP(=O)(O)OC[C@@H](COC(=O)CCCCCCCCCCCCCCCC(C)C)OC(=O)CCCCCCCCCCCCCCCCCCC(C)C. The average Bonchev–Trinajstić information content (AvgIpc) is 3.60. The summed E-state index contributed by atoms with van der Waals surface area (Å²) in [6, 6.07) is 0. The van der Waals surface area contributed by atoms with Gasteiger partial charge in [-0.25, -0.2) is 9.13 Å². The van der Waals surface area contributed by atoms with Crippen LogP contribution in [-0.2, 0) is 65.4 Å². The molecule has 0 fully saturated rings. The number of aliphatic hydroxyl groups is 1. The van der Waals surface area contributed by atoms with Crippen molar-refractivity contribution in [1.82, 2.24) is 0 Å². The third kappa shape index (κ3) is 68.6. The minimum absolute atomic E-state index is 0.107. The van der Waals surface area contributed by atoms with Gasteiger partial charge in [-0.15, -0.1) is 0 Å². The highest BCUT2D eigenvalue weighted by atomic mass is 31.2. The standard InChI is InChI=1S/C75H146O17P2/c1-7-9-11-13-14-15-16-17-25-31-36-41-47-53-59-74(79)91-70(63-85-72(77)57-51-43-12-10-8-2)65-89-93(81,82)87-61-69(76)62-88-94(83,84)90-66-71(64-86-73(78)58-52-46-40-35-30-27-22-24-29-34-39-45-50-56-68(5)6)92-75(80)60-54-48-42-37-32-26-21-19-18-20-23-28-33-38-44-49-55-67(3)4/h67-71,76H,7-66H2,1-6H3,(H,81,82)(H,83,84)/t69-,70+,71+/m0/s1. The van der Waals surface area contributed by atoms with Crippen LogP contribution < -0.4 is 0 Å². The van der Waals surface area contributed by atoms with E-state index in [2.05, 4.69) is 41.5 Å². The van der Waals surface area contributed by atoms with Crippen LogP contribution in [0.4, 0.5) is 0 Å². The Morgan fingerprint density at radius 1 is 0.287 bits per heavy atom. The Kier molecular flexibility index (Phi) is 65.5. The van der Waals surface area contributed by atoms with Gasteiger partial charge in [-0.3, -0.25) is 37.3 Å². The lowest BCUT2D eigenvalue weighted by Crippen LogP contribution is -2.30. The smallest absolute Gasteiger partial charge is 0.462 e. The van der Waals surface area contributed by atoms with E-state index in [4.69, 9.17) is 37.0 Å². The van der Waals surface area contributed by atoms with E-state index in [0.29, 0.717) is 25.7 Å². The summed E-state index contributed by atoms with van der Waals surface area (Å²) in [6.07, 6.45) is 54.5. The van der Waals surface area contributed by atoms with E-state index in [1.807, 2.05) is 0 Å². The summed E-state index contributed by atoms with van der Waals surface area (Å²) in [6.45, 7) is 9.56. The second kappa shape index (κ2) is 66.9. The number of carbonyl (C=O) groups is 4. The zero-order chi connectivity index (χ0) is 69.3. The maximum absolute atomic E-state index is 13.1. The molecule has 0 saturated heterocycles. The molecule has 0 aromatic heterocycles. The highest BCUT2D eigenvalue weighted by molar-refractivity contribution is 7.47. The van der Waals surface area contributed by atoms with Crippen LogP contribution in [0.1, 0.15) is 388 Å². The highest BCUT2D eigenvalue weighted by Gasteiger charge is 2.30. The molecular formula is C75H146O17P2. The molecule has 0 aliphatic rings. The van der Waals surface area contributed by atoms with E-state index in [1.165, 1.54) is 199 Å². The van der Waals surface area contributed by atoms with Gasteiger partial charge in [0, 0.05) is 25.7 Å². The van der Waals surface area contributed by atoms with E-state index in [9.17, 15) is 43.2 Å². The van der Waals surface area contributed by atoms with Gasteiger partial charge < -0.3 is 33.8 Å². The van der Waals surface area contributed by atoms with Crippen molar-refractivity contribution in [3.8, 4) is 0 Å². The lowest BCUT2D eigenvalue weighted by Gasteiger charge is -2.21. The molecule has 0 aromatic carbocycles. The van der Waals surface area contributed by atoms with Crippen molar-refractivity contribution < 1.29 is 80.2 Å². The molecular weight excluding hydrogens is 1230 g/mol. The average molecular weight is 1380 g/mol. The number of hydrogen-bond acceptors (Lipinski definition) is 15. The summed E-state index contributed by atoms with van der Waals surface area (Å²) < 4.78 is 68.3. The van der Waals surface area contributed by atoms with Crippen molar-refractivity contribution in [2.24, 2.45) is 11.8 Å². The first-order chi connectivity index (χ1) is 45.4. The van der Waals surface area contributed by atoms with Gasteiger partial charge in [0.15, 0.2) is 12.2 Å². The van der Waals surface area contributed by atoms with E-state index in [0.717, 1.165) is 108 Å². The third-order valence-electron chi connectivity index (χ3n) is 17.5. The van der Waals surface area contributed by atoms with Gasteiger partial charge in [0.25, 0.3) is 0 Å². The molecule has 0 aliphatic carbocycles. The summed E-state index contributed by atoms with van der Waals surface area (Å²) in [5.41, 5.74) is 0. The fourth-order valence-corrected chi connectivity index (χ4v) is 13.1. The maximum atomic E-state index is 13.1. The molecule has 5 atom stereocenters. The van der Waals surface area contributed by atoms with Crippen LogP contribution in [0.5, 0.6) is 0 Å². The Balaban J connectivity index is 5.14. The lowest BCUT2D eigenvalue weighted by atomic mass is 10.0. The van der Waals surface area contributed by atoms with Crippen molar-refractivity contribution in [2.75, 3.05) is 39.6 Å². The molecule has 558 valence electrons. The van der Waals surface area contributed by atoms with Crippen LogP contribution >= 0.6 is 15.6 Å². The van der Waals surface area contributed by atoms with Crippen molar-refractivity contribution in [1.29, 1.82) is 0 Å². The highest BCUT2D eigenvalue weighted by Crippen LogP contribution is 2.45. The predicted molar refractivity (Wildman–Crippen MR) is 381 cm³/mol. The van der Waals surface area contributed by atoms with Crippen LogP contribution in [0.2, 0.25) is 0 Å². The summed E-state index contributed by atoms with van der Waals surface area (Å²) >= 11 is 0. The van der Waals surface area contributed by atoms with Crippen LogP contribution in [0.15, 0.2) is 0 Å². The molecule has 0 radical (unpaired) electrons. The molecule has 0 rings (SSSR count). The third-order valence-corrected chi connectivity index (χ3v) is 19.4. The topological polar surface area (TPSA) is 237 Å². The summed E-state index contributed by atoms with van der Waals surface area (Å²) in [4.78, 5) is 72.5. The number of phosphoric acid groups is 2. The molecule has 0 aliphatic heterocycles. The fourth-order valence-electron chi connectivity index (χ4n) is 11.5. The maximum Gasteiger partial charge on any atom is 0.472 e. The molecule has 0 heterocycles. The second-order valence-electron chi connectivity index (χ2n) is 28.0. The van der Waals surface area contributed by atoms with Crippen LogP contribution in [0.25, 0.3) is 0 Å². The molecule has 19 heteroatoms. The molecule has 94 heavy (non-hydrogen) atoms. The van der Waals surface area contributed by atoms with E-state index in [1.54, 1.807) is 0 Å². The number of carbonyl (C=O) groups excluding carboxylic acids is 4. The largest absolute Gasteiger partial charge is 0.472 e. The first-order valence-electron chi connectivity index (χ1n) is 39.0. The number of phosphoric ester groups is 2. The van der Waals surface area contributed by atoms with Gasteiger partial charge in [-0.05, 0) is 37.5 Å². The molecule has 2 unspecified atom stereocenters. The fraction of sp³-hybridized carbons (Fsp3) is 0.947. The Morgan fingerprint density at radius 3 is 0.723 bits per heavy atom. The molecule has 0 amide bonds. The van der Waals surface area contributed by atoms with Crippen molar-refractivity contribution >= 4 is 39.5 Å². The first-order valence-corrected chi connectivity index (χ1v) is 42.0. The van der Waals surface area contributed by atoms with E-state index >= 15 is 0 Å². The number of ether oxygens (including phenoxy) is 4. The Bertz CT molecular complexity index is 1820. The Labute approximate surface area is 575 Å². The number of hydrogen-bond donors (Lipinski definition) is 3. The van der Waals surface area contributed by atoms with E-state index in [-0.39, 0.29) is 25.7 Å². The molecule has 0 saturated carbocycles. The lowest BCUT2D eigenvalue weighted by molar-refractivity contribution is -0.161. The van der Waals surface area contributed by atoms with Crippen LogP contribution in [-0.4, -0.2) is 96.7 Å². The van der Waals surface area contributed by atoms with Gasteiger partial charge in [-0.1, -0.05) is 337 Å². The Morgan fingerprint density at radius 2 is 0.489 bits per heavy atom. The van der Waals surface area contributed by atoms with Gasteiger partial charge >= 0.3 is 39.5 Å². The minimum atomic E-state index is -4.95. The second-order valence-corrected chi connectivity index (χ2v) is 30.9. The molecule has 0 aromatic rings. The molecule has 3 N–H and O–H groups in total. The predicted octanol–water partition coefficient (Wildman–Crippen LogP) is 21.9. The zero-order valence-electron chi connectivity index (χ0n) is 61.3. The van der Waals surface area contributed by atoms with Gasteiger partial charge in [0.1, 0.15) is 19.3 Å². The molecule has 0 spiro atoms. The van der Waals surface area contributed by atoms with Crippen LogP contribution in [0, 0.1) is 11.8 Å². The number of rotatable bonds is 74. The van der Waals surface area contributed by atoms with Crippen molar-refractivity contribution in [3.05, 3.63) is 0 Å². The van der Waals surface area contributed by atoms with E-state index < -0.39 is 97.5 Å². The van der Waals surface area contributed by atoms with Crippen LogP contribution in [0.3, 0.4) is 0 Å². The number of unbranched alkanes of at least 4 members (excludes halogenated alkanes) is 44. The minimum Gasteiger partial charge on any atom is -0.462 e.